The highest BCUT2D eigenvalue weighted by Crippen LogP contribution is 2.18. The second kappa shape index (κ2) is 7.31. The molecule has 132 valence electrons. The van der Waals surface area contributed by atoms with Crippen LogP contribution in [0.4, 0.5) is 0 Å². The van der Waals surface area contributed by atoms with Gasteiger partial charge in [0.25, 0.3) is 0 Å². The molecule has 1 atom stereocenters. The number of nitrogens with one attached hydrogen (secondary N) is 1. The Kier molecular flexibility index (Phi) is 5.61. The Morgan fingerprint density at radius 1 is 1.29 bits per heavy atom. The smallest absolute Gasteiger partial charge is 0.330 e. The summed E-state index contributed by atoms with van der Waals surface area (Å²) in [4.78, 5) is 23.5. The quantitative estimate of drug-likeness (QED) is 0.792. The van der Waals surface area contributed by atoms with E-state index in [9.17, 15) is 23.1 Å². The van der Waals surface area contributed by atoms with Crippen molar-refractivity contribution >= 4 is 21.9 Å². The van der Waals surface area contributed by atoms with E-state index < -0.39 is 27.9 Å². The fourth-order valence-electron chi connectivity index (χ4n) is 2.63. The molecule has 0 aliphatic carbocycles. The van der Waals surface area contributed by atoms with Crippen LogP contribution in [0.15, 0.2) is 18.2 Å². The maximum absolute atomic E-state index is 12.1. The zero-order valence-corrected chi connectivity index (χ0v) is 14.6. The summed E-state index contributed by atoms with van der Waals surface area (Å²) < 4.78 is 24.7. The normalized spacial score (nSPS) is 18.2. The monoisotopic (exact) mass is 354 g/mol. The Bertz CT molecular complexity index is 745. The maximum Gasteiger partial charge on any atom is 0.330 e. The molecular formula is C16H22N2O5S. The molecule has 1 aliphatic rings. The van der Waals surface area contributed by atoms with Crippen LogP contribution in [-0.4, -0.2) is 48.5 Å². The van der Waals surface area contributed by atoms with E-state index in [1.165, 1.54) is 4.31 Å². The number of sulfonamides is 1. The van der Waals surface area contributed by atoms with Gasteiger partial charge in [0.1, 0.15) is 0 Å². The minimum atomic E-state index is -3.25. The molecule has 1 amide bonds. The van der Waals surface area contributed by atoms with E-state index in [0.29, 0.717) is 18.5 Å². The van der Waals surface area contributed by atoms with Gasteiger partial charge >= 0.3 is 5.97 Å². The predicted octanol–water partition coefficient (Wildman–Crippen LogP) is 0.971. The van der Waals surface area contributed by atoms with Gasteiger partial charge < -0.3 is 10.4 Å². The number of nitrogens with zero attached hydrogens (tertiary/aromatic N) is 1. The number of hydrogen-bond acceptors (Lipinski definition) is 4. The number of carbonyl (C=O) groups excluding carboxylic acids is 1. The molecule has 8 heteroatoms. The zero-order valence-electron chi connectivity index (χ0n) is 13.8. The molecule has 2 rings (SSSR count). The van der Waals surface area contributed by atoms with E-state index in [2.05, 4.69) is 5.32 Å². The van der Waals surface area contributed by atoms with Crippen LogP contribution in [0.1, 0.15) is 35.6 Å². The molecule has 0 radical (unpaired) electrons. The number of hydrogen-bond donors (Lipinski definition) is 2. The lowest BCUT2D eigenvalue weighted by Gasteiger charge is -2.18. The number of carboxylic acids is 1. The summed E-state index contributed by atoms with van der Waals surface area (Å²) in [5, 5.41) is 11.8. The van der Waals surface area contributed by atoms with Crippen molar-refractivity contribution in [3.8, 4) is 0 Å². The summed E-state index contributed by atoms with van der Waals surface area (Å²) in [5.74, 6) is -1.53. The fraction of sp³-hybridized carbons (Fsp3) is 0.500. The van der Waals surface area contributed by atoms with Crippen LogP contribution in [0.2, 0.25) is 0 Å². The lowest BCUT2D eigenvalue weighted by atomic mass is 10.0. The first-order valence-electron chi connectivity index (χ1n) is 7.78. The number of rotatable bonds is 6. The van der Waals surface area contributed by atoms with E-state index >= 15 is 0 Å². The Labute approximate surface area is 141 Å². The van der Waals surface area contributed by atoms with E-state index in [1.54, 1.807) is 12.1 Å². The molecule has 0 spiro atoms. The van der Waals surface area contributed by atoms with E-state index in [-0.39, 0.29) is 18.7 Å². The van der Waals surface area contributed by atoms with Gasteiger partial charge in [-0.3, -0.25) is 4.79 Å². The molecule has 0 aromatic heterocycles. The molecule has 7 nitrogen and oxygen atoms in total. The molecule has 0 bridgehead atoms. The minimum Gasteiger partial charge on any atom is -0.479 e. The summed E-state index contributed by atoms with van der Waals surface area (Å²) in [6.07, 6.45) is 0.498. The topological polar surface area (TPSA) is 104 Å². The summed E-state index contributed by atoms with van der Waals surface area (Å²) >= 11 is 0. The van der Waals surface area contributed by atoms with Crippen LogP contribution in [0.3, 0.4) is 0 Å². The van der Waals surface area contributed by atoms with Gasteiger partial charge in [-0.1, -0.05) is 18.2 Å². The van der Waals surface area contributed by atoms with Crippen LogP contribution in [0.5, 0.6) is 0 Å². The van der Waals surface area contributed by atoms with Gasteiger partial charge in [0.2, 0.25) is 15.9 Å². The number of carboxylic acid groups (broad SMARTS) is 1. The highest BCUT2D eigenvalue weighted by Gasteiger charge is 2.29. The molecule has 0 saturated carbocycles. The van der Waals surface area contributed by atoms with Crippen molar-refractivity contribution < 1.29 is 23.1 Å². The van der Waals surface area contributed by atoms with Crippen molar-refractivity contribution in [2.24, 2.45) is 0 Å². The van der Waals surface area contributed by atoms with Gasteiger partial charge in [0, 0.05) is 19.5 Å². The van der Waals surface area contributed by atoms with Crippen molar-refractivity contribution in [2.75, 3.05) is 18.8 Å². The van der Waals surface area contributed by atoms with Gasteiger partial charge in [-0.2, -0.15) is 0 Å². The number of carbonyl (C=O) groups is 2. The summed E-state index contributed by atoms with van der Waals surface area (Å²) in [7, 11) is -3.25. The van der Waals surface area contributed by atoms with Crippen molar-refractivity contribution in [3.05, 3.63) is 34.9 Å². The first kappa shape index (κ1) is 18.4. The fourth-order valence-corrected chi connectivity index (χ4v) is 4.16. The Morgan fingerprint density at radius 3 is 2.54 bits per heavy atom. The van der Waals surface area contributed by atoms with Gasteiger partial charge in [-0.05, 0) is 37.0 Å². The second-order valence-corrected chi connectivity index (χ2v) is 8.09. The lowest BCUT2D eigenvalue weighted by Crippen LogP contribution is -2.36. The number of aliphatic carboxylic acids is 1. The average Bonchev–Trinajstić information content (AvgIpc) is 2.84. The third-order valence-corrected chi connectivity index (χ3v) is 6.16. The largest absolute Gasteiger partial charge is 0.479 e. The number of amides is 1. The summed E-state index contributed by atoms with van der Waals surface area (Å²) in [6, 6.07) is 4.07. The summed E-state index contributed by atoms with van der Waals surface area (Å²) in [6.45, 7) is 4.28. The Balaban J connectivity index is 2.01. The van der Waals surface area contributed by atoms with E-state index in [0.717, 1.165) is 11.1 Å². The van der Waals surface area contributed by atoms with Crippen LogP contribution in [0.25, 0.3) is 0 Å². The Morgan fingerprint density at radius 2 is 2.00 bits per heavy atom. The van der Waals surface area contributed by atoms with Crippen LogP contribution in [0, 0.1) is 13.8 Å². The van der Waals surface area contributed by atoms with Gasteiger partial charge in [0.15, 0.2) is 6.04 Å². The first-order chi connectivity index (χ1) is 11.2. The Hall–Kier alpha value is -1.93. The van der Waals surface area contributed by atoms with Crippen molar-refractivity contribution in [1.29, 1.82) is 0 Å². The van der Waals surface area contributed by atoms with E-state index in [1.807, 2.05) is 19.9 Å². The molecule has 1 unspecified atom stereocenters. The molecule has 1 aliphatic heterocycles. The molecule has 1 heterocycles. The molecule has 1 saturated heterocycles. The average molecular weight is 354 g/mol. The summed E-state index contributed by atoms with van der Waals surface area (Å²) in [5.41, 5.74) is 2.47. The molecule has 2 N–H and O–H groups in total. The second-order valence-electron chi connectivity index (χ2n) is 6.00. The maximum atomic E-state index is 12.1. The van der Waals surface area contributed by atoms with Gasteiger partial charge in [0.05, 0.1) is 5.75 Å². The van der Waals surface area contributed by atoms with Crippen molar-refractivity contribution in [1.82, 2.24) is 9.62 Å². The number of benzene rings is 1. The number of aryl methyl sites for hydroxylation is 2. The van der Waals surface area contributed by atoms with Crippen LogP contribution in [-0.2, 0) is 19.6 Å². The highest BCUT2D eigenvalue weighted by atomic mass is 32.2. The minimum absolute atomic E-state index is 0.0617. The molecular weight excluding hydrogens is 332 g/mol. The molecule has 1 aromatic carbocycles. The first-order valence-corrected chi connectivity index (χ1v) is 9.39. The van der Waals surface area contributed by atoms with Gasteiger partial charge in [-0.15, -0.1) is 0 Å². The predicted molar refractivity (Wildman–Crippen MR) is 89.0 cm³/mol. The third-order valence-electron chi connectivity index (χ3n) is 4.21. The van der Waals surface area contributed by atoms with Crippen molar-refractivity contribution in [3.63, 3.8) is 0 Å². The zero-order chi connectivity index (χ0) is 17.9. The highest BCUT2D eigenvalue weighted by molar-refractivity contribution is 7.89. The van der Waals surface area contributed by atoms with Crippen LogP contribution < -0.4 is 5.32 Å². The van der Waals surface area contributed by atoms with Crippen LogP contribution >= 0.6 is 0 Å². The SMILES string of the molecule is Cc1ccc(C(NC(=O)CCN2CCCS2(=O)=O)C(=O)O)cc1C. The van der Waals surface area contributed by atoms with E-state index in [4.69, 9.17) is 0 Å². The van der Waals surface area contributed by atoms with Crippen molar-refractivity contribution in [2.45, 2.75) is 32.7 Å². The third kappa shape index (κ3) is 4.33. The molecule has 24 heavy (non-hydrogen) atoms. The lowest BCUT2D eigenvalue weighted by molar-refractivity contribution is -0.142. The van der Waals surface area contributed by atoms with Gasteiger partial charge in [-0.25, -0.2) is 17.5 Å². The molecule has 1 aromatic rings. The standard InChI is InChI=1S/C16H22N2O5S/c1-11-4-5-13(10-12(11)2)15(16(20)21)17-14(19)6-8-18-7-3-9-24(18,22)23/h4-5,10,15H,3,6-9H2,1-2H3,(H,17,19)(H,20,21). The molecule has 1 fully saturated rings.